The molecule has 1 aromatic heterocycles. The standard InChI is InChI=1S/C56H34O/c1-2-16-36-33-38(30-29-35(36)15-1)40-31-32-50(56-55(40)49-27-13-14-28-52(49)57-56)54-47-25-11-9-23-45(47)53(46-24-10-12-26-48(46)54)44-22-8-7-21-43(44)51-34-37-17-3-4-18-39(37)41-19-5-6-20-42(41)51/h1-34H. The third kappa shape index (κ3) is 4.83. The van der Waals surface area contributed by atoms with E-state index in [9.17, 15) is 0 Å². The zero-order valence-corrected chi connectivity index (χ0v) is 31.0. The maximum atomic E-state index is 6.95. The Kier molecular flexibility index (Phi) is 7.00. The van der Waals surface area contributed by atoms with Gasteiger partial charge in [0.25, 0.3) is 0 Å². The molecule has 0 aliphatic rings. The van der Waals surface area contributed by atoms with Gasteiger partial charge in [-0.1, -0.05) is 182 Å². The number of para-hydroxylation sites is 1. The highest BCUT2D eigenvalue weighted by Crippen LogP contribution is 2.50. The Morgan fingerprint density at radius 2 is 0.772 bits per heavy atom. The second-order valence-electron chi connectivity index (χ2n) is 15.1. The molecule has 0 radical (unpaired) electrons. The fourth-order valence-electron chi connectivity index (χ4n) is 9.54. The monoisotopic (exact) mass is 722 g/mol. The van der Waals surface area contributed by atoms with Crippen LogP contribution in [-0.2, 0) is 0 Å². The molecule has 0 aliphatic heterocycles. The summed E-state index contributed by atoms with van der Waals surface area (Å²) >= 11 is 0. The SMILES string of the molecule is c1ccc(-c2cc3ccccc3c3ccccc23)c(-c2c3ccccc3c(-c3ccc(-c4ccc5ccccc5c4)c4c3oc3ccccc34)c3ccccc23)c1. The van der Waals surface area contributed by atoms with E-state index in [2.05, 4.69) is 206 Å². The number of furan rings is 1. The minimum atomic E-state index is 0.892. The number of fused-ring (bicyclic) bond motifs is 9. The molecular weight excluding hydrogens is 689 g/mol. The van der Waals surface area contributed by atoms with Crippen LogP contribution in [0.1, 0.15) is 0 Å². The van der Waals surface area contributed by atoms with Crippen LogP contribution in [0.15, 0.2) is 211 Å². The zero-order valence-electron chi connectivity index (χ0n) is 31.0. The summed E-state index contributed by atoms with van der Waals surface area (Å²) in [5.74, 6) is 0. The van der Waals surface area contributed by atoms with Gasteiger partial charge in [-0.3, -0.25) is 0 Å². The van der Waals surface area contributed by atoms with E-state index in [1.165, 1.54) is 92.8 Å². The van der Waals surface area contributed by atoms with Crippen LogP contribution < -0.4 is 0 Å². The lowest BCUT2D eigenvalue weighted by Crippen LogP contribution is -1.94. The molecule has 0 saturated heterocycles. The van der Waals surface area contributed by atoms with Gasteiger partial charge in [-0.15, -0.1) is 0 Å². The molecule has 12 aromatic rings. The van der Waals surface area contributed by atoms with Gasteiger partial charge in [0.05, 0.1) is 0 Å². The molecule has 1 nitrogen and oxygen atoms in total. The van der Waals surface area contributed by atoms with Crippen LogP contribution in [0.5, 0.6) is 0 Å². The first-order valence-corrected chi connectivity index (χ1v) is 19.7. The van der Waals surface area contributed by atoms with Crippen LogP contribution in [0.2, 0.25) is 0 Å². The number of rotatable bonds is 4. The van der Waals surface area contributed by atoms with Crippen LogP contribution in [0.3, 0.4) is 0 Å². The molecule has 264 valence electrons. The van der Waals surface area contributed by atoms with Gasteiger partial charge in [0.15, 0.2) is 0 Å². The van der Waals surface area contributed by atoms with Crippen LogP contribution in [0.4, 0.5) is 0 Å². The van der Waals surface area contributed by atoms with Crippen LogP contribution in [-0.4, -0.2) is 0 Å². The Hall–Kier alpha value is -7.48. The first-order chi connectivity index (χ1) is 28.3. The molecule has 0 bridgehead atoms. The van der Waals surface area contributed by atoms with Crippen molar-refractivity contribution in [1.29, 1.82) is 0 Å². The normalized spacial score (nSPS) is 11.9. The van der Waals surface area contributed by atoms with Crippen molar-refractivity contribution in [1.82, 2.24) is 0 Å². The third-order valence-electron chi connectivity index (χ3n) is 12.0. The Morgan fingerprint density at radius 1 is 0.263 bits per heavy atom. The summed E-state index contributed by atoms with van der Waals surface area (Å²) in [6.07, 6.45) is 0. The molecule has 0 spiro atoms. The molecule has 0 fully saturated rings. The first-order valence-electron chi connectivity index (χ1n) is 19.7. The Morgan fingerprint density at radius 3 is 1.49 bits per heavy atom. The molecule has 12 rings (SSSR count). The van der Waals surface area contributed by atoms with Crippen molar-refractivity contribution in [3.63, 3.8) is 0 Å². The summed E-state index contributed by atoms with van der Waals surface area (Å²) in [6.45, 7) is 0. The summed E-state index contributed by atoms with van der Waals surface area (Å²) in [7, 11) is 0. The van der Waals surface area contributed by atoms with Gasteiger partial charge in [-0.2, -0.15) is 0 Å². The highest BCUT2D eigenvalue weighted by atomic mass is 16.3. The van der Waals surface area contributed by atoms with E-state index in [0.29, 0.717) is 0 Å². The van der Waals surface area contributed by atoms with Crippen molar-refractivity contribution >= 4 is 75.8 Å². The summed E-state index contributed by atoms with van der Waals surface area (Å²) in [5.41, 5.74) is 11.4. The Bertz CT molecular complexity index is 3530. The second kappa shape index (κ2) is 12.5. The first kappa shape index (κ1) is 31.8. The highest BCUT2D eigenvalue weighted by Gasteiger charge is 2.24. The van der Waals surface area contributed by atoms with Gasteiger partial charge in [0, 0.05) is 21.9 Å². The minimum Gasteiger partial charge on any atom is -0.455 e. The summed E-state index contributed by atoms with van der Waals surface area (Å²) in [5, 5.41) is 14.6. The summed E-state index contributed by atoms with van der Waals surface area (Å²) in [6, 6.07) is 75.2. The molecule has 0 saturated carbocycles. The van der Waals surface area contributed by atoms with Gasteiger partial charge in [-0.25, -0.2) is 0 Å². The topological polar surface area (TPSA) is 13.1 Å². The molecule has 0 unspecified atom stereocenters. The molecule has 1 heterocycles. The molecular formula is C56H34O. The molecule has 11 aromatic carbocycles. The van der Waals surface area contributed by atoms with Crippen LogP contribution in [0.25, 0.3) is 120 Å². The Labute approximate surface area is 329 Å². The average molecular weight is 723 g/mol. The van der Waals surface area contributed by atoms with E-state index >= 15 is 0 Å². The maximum absolute atomic E-state index is 6.95. The quantitative estimate of drug-likeness (QED) is 0.130. The average Bonchev–Trinajstić information content (AvgIpc) is 3.68. The van der Waals surface area contributed by atoms with Crippen molar-refractivity contribution in [2.24, 2.45) is 0 Å². The smallest absolute Gasteiger partial charge is 0.143 e. The molecule has 0 N–H and O–H groups in total. The van der Waals surface area contributed by atoms with E-state index in [0.717, 1.165) is 27.5 Å². The minimum absolute atomic E-state index is 0.892. The maximum Gasteiger partial charge on any atom is 0.143 e. The predicted octanol–water partition coefficient (Wildman–Crippen LogP) is 16.0. The lowest BCUT2D eigenvalue weighted by molar-refractivity contribution is 0.670. The largest absolute Gasteiger partial charge is 0.455 e. The van der Waals surface area contributed by atoms with Gasteiger partial charge in [0.1, 0.15) is 11.2 Å². The van der Waals surface area contributed by atoms with E-state index in [-0.39, 0.29) is 0 Å². The molecule has 1 heteroatoms. The van der Waals surface area contributed by atoms with Crippen molar-refractivity contribution < 1.29 is 4.42 Å². The fraction of sp³-hybridized carbons (Fsp3) is 0. The van der Waals surface area contributed by atoms with Gasteiger partial charge in [-0.05, 0) is 112 Å². The van der Waals surface area contributed by atoms with Crippen molar-refractivity contribution in [2.45, 2.75) is 0 Å². The fourth-order valence-corrected chi connectivity index (χ4v) is 9.54. The van der Waals surface area contributed by atoms with Gasteiger partial charge in [0.2, 0.25) is 0 Å². The van der Waals surface area contributed by atoms with Crippen molar-refractivity contribution in [3.8, 4) is 44.5 Å². The molecule has 0 amide bonds. The summed E-state index contributed by atoms with van der Waals surface area (Å²) < 4.78 is 6.95. The number of hydrogen-bond donors (Lipinski definition) is 0. The highest BCUT2D eigenvalue weighted by molar-refractivity contribution is 6.27. The van der Waals surface area contributed by atoms with Gasteiger partial charge >= 0.3 is 0 Å². The summed E-state index contributed by atoms with van der Waals surface area (Å²) in [4.78, 5) is 0. The second-order valence-corrected chi connectivity index (χ2v) is 15.1. The zero-order chi connectivity index (χ0) is 37.5. The van der Waals surface area contributed by atoms with Crippen LogP contribution in [0, 0.1) is 0 Å². The molecule has 0 aliphatic carbocycles. The lowest BCUT2D eigenvalue weighted by Gasteiger charge is -2.21. The van der Waals surface area contributed by atoms with E-state index in [1.54, 1.807) is 0 Å². The predicted molar refractivity (Wildman–Crippen MR) is 243 cm³/mol. The third-order valence-corrected chi connectivity index (χ3v) is 12.0. The van der Waals surface area contributed by atoms with Crippen molar-refractivity contribution in [3.05, 3.63) is 206 Å². The van der Waals surface area contributed by atoms with Crippen molar-refractivity contribution in [2.75, 3.05) is 0 Å². The Balaban J connectivity index is 1.16. The number of benzene rings is 11. The lowest BCUT2D eigenvalue weighted by atomic mass is 9.82. The van der Waals surface area contributed by atoms with E-state index < -0.39 is 0 Å². The van der Waals surface area contributed by atoms with E-state index in [1.807, 2.05) is 0 Å². The van der Waals surface area contributed by atoms with E-state index in [4.69, 9.17) is 4.42 Å². The van der Waals surface area contributed by atoms with Crippen LogP contribution >= 0.6 is 0 Å². The molecule has 57 heavy (non-hydrogen) atoms. The molecule has 0 atom stereocenters. The number of hydrogen-bond acceptors (Lipinski definition) is 1. The van der Waals surface area contributed by atoms with Gasteiger partial charge < -0.3 is 4.42 Å².